The van der Waals surface area contributed by atoms with Crippen LogP contribution >= 0.6 is 11.3 Å². The van der Waals surface area contributed by atoms with E-state index in [-0.39, 0.29) is 0 Å². The van der Waals surface area contributed by atoms with Crippen LogP contribution in [-0.4, -0.2) is 55.8 Å². The summed E-state index contributed by atoms with van der Waals surface area (Å²) in [5, 5.41) is 29.3. The smallest absolute Gasteiger partial charge is 0.336 e. The number of ether oxygens (including phenoxy) is 1. The van der Waals surface area contributed by atoms with Gasteiger partial charge in [-0.05, 0) is 26.0 Å². The number of benzene rings is 1. The Balaban J connectivity index is 0.000000301. The highest BCUT2D eigenvalue weighted by Crippen LogP contribution is 2.22. The van der Waals surface area contributed by atoms with Crippen LogP contribution in [0.1, 0.15) is 37.0 Å². The Labute approximate surface area is 175 Å². The zero-order valence-electron chi connectivity index (χ0n) is 16.3. The quantitative estimate of drug-likeness (QED) is 0.445. The third kappa shape index (κ3) is 7.97. The Morgan fingerprint density at radius 3 is 2.33 bits per heavy atom. The van der Waals surface area contributed by atoms with Crippen LogP contribution in [0.2, 0.25) is 0 Å². The molecule has 1 heterocycles. The van der Waals surface area contributed by atoms with Gasteiger partial charge >= 0.3 is 17.9 Å². The average molecular weight is 438 g/mol. The predicted octanol–water partition coefficient (Wildman–Crippen LogP) is 1.53. The summed E-state index contributed by atoms with van der Waals surface area (Å²) in [4.78, 5) is 47.2. The van der Waals surface area contributed by atoms with Crippen LogP contribution in [0, 0.1) is 0 Å². The lowest BCUT2D eigenvalue weighted by Crippen LogP contribution is -2.43. The summed E-state index contributed by atoms with van der Waals surface area (Å²) in [7, 11) is 0. The fourth-order valence-corrected chi connectivity index (χ4v) is 2.81. The van der Waals surface area contributed by atoms with Gasteiger partial charge in [0.1, 0.15) is 5.01 Å². The zero-order valence-corrected chi connectivity index (χ0v) is 17.1. The molecular formula is C19H22N2O8S. The van der Waals surface area contributed by atoms with Crippen LogP contribution in [0.5, 0.6) is 0 Å². The maximum atomic E-state index is 11.1. The van der Waals surface area contributed by atoms with Crippen molar-refractivity contribution in [3.8, 4) is 10.6 Å². The number of aliphatic hydroxyl groups is 1. The molecule has 0 aliphatic rings. The van der Waals surface area contributed by atoms with Crippen molar-refractivity contribution in [1.29, 1.82) is 0 Å². The molecule has 11 heteroatoms. The van der Waals surface area contributed by atoms with E-state index in [0.717, 1.165) is 10.6 Å². The lowest BCUT2D eigenvalue weighted by molar-refractivity contribution is -0.173. The Morgan fingerprint density at radius 2 is 1.87 bits per heavy atom. The first-order valence-corrected chi connectivity index (χ1v) is 9.49. The Bertz CT molecular complexity index is 898. The van der Waals surface area contributed by atoms with E-state index >= 15 is 0 Å². The van der Waals surface area contributed by atoms with Crippen LogP contribution in [0.3, 0.4) is 0 Å². The van der Waals surface area contributed by atoms with E-state index in [1.54, 1.807) is 38.2 Å². The zero-order chi connectivity index (χ0) is 22.9. The summed E-state index contributed by atoms with van der Waals surface area (Å²) in [6.45, 7) is 3.10. The molecule has 0 saturated heterocycles. The molecule has 10 nitrogen and oxygen atoms in total. The van der Waals surface area contributed by atoms with E-state index in [0.29, 0.717) is 5.56 Å². The molecule has 2 rings (SSSR count). The number of nitrogens with zero attached hydrogens (tertiary/aromatic N) is 1. The molecule has 162 valence electrons. The van der Waals surface area contributed by atoms with E-state index in [4.69, 9.17) is 15.9 Å². The minimum Gasteiger partial charge on any atom is -0.481 e. The van der Waals surface area contributed by atoms with Gasteiger partial charge in [0.15, 0.2) is 5.60 Å². The number of hydrogen-bond acceptors (Lipinski definition) is 8. The van der Waals surface area contributed by atoms with Gasteiger partial charge in [-0.25, -0.2) is 9.78 Å². The summed E-state index contributed by atoms with van der Waals surface area (Å²) in [5.74, 6) is -4.65. The first-order chi connectivity index (χ1) is 13.9. The van der Waals surface area contributed by atoms with Crippen molar-refractivity contribution in [2.75, 3.05) is 0 Å². The highest BCUT2D eigenvalue weighted by Gasteiger charge is 2.41. The SMILES string of the molecule is CC(C)OC(=O)CC(O)(CC(=O)O)C(=O)O.NC(=O)c1cccc(-c2nccs2)c1. The second kappa shape index (κ2) is 11.0. The van der Waals surface area contributed by atoms with Crippen molar-refractivity contribution in [3.63, 3.8) is 0 Å². The van der Waals surface area contributed by atoms with E-state index < -0.39 is 48.4 Å². The highest BCUT2D eigenvalue weighted by molar-refractivity contribution is 7.13. The first-order valence-electron chi connectivity index (χ1n) is 8.61. The van der Waals surface area contributed by atoms with Gasteiger partial charge in [0.05, 0.1) is 18.9 Å². The number of carboxylic acids is 2. The van der Waals surface area contributed by atoms with Crippen LogP contribution in [0.4, 0.5) is 0 Å². The molecule has 1 unspecified atom stereocenters. The van der Waals surface area contributed by atoms with Crippen molar-refractivity contribution in [2.24, 2.45) is 5.73 Å². The van der Waals surface area contributed by atoms with Crippen molar-refractivity contribution < 1.29 is 39.2 Å². The molecule has 1 atom stereocenters. The molecule has 0 spiro atoms. The molecule has 1 aromatic heterocycles. The van der Waals surface area contributed by atoms with Crippen LogP contribution < -0.4 is 5.73 Å². The number of carboxylic acid groups (broad SMARTS) is 2. The summed E-state index contributed by atoms with van der Waals surface area (Å²) < 4.78 is 4.62. The molecule has 0 radical (unpaired) electrons. The molecule has 5 N–H and O–H groups in total. The van der Waals surface area contributed by atoms with Crippen molar-refractivity contribution in [1.82, 2.24) is 4.98 Å². The minimum absolute atomic E-state index is 0.414. The fraction of sp³-hybridized carbons (Fsp3) is 0.316. The molecule has 2 aromatic rings. The summed E-state index contributed by atoms with van der Waals surface area (Å²) in [6.07, 6.45) is -0.686. The first kappa shape index (κ1) is 24.7. The molecular weight excluding hydrogens is 416 g/mol. The maximum Gasteiger partial charge on any atom is 0.336 e. The van der Waals surface area contributed by atoms with Gasteiger partial charge in [-0.2, -0.15) is 0 Å². The fourth-order valence-electron chi connectivity index (χ4n) is 2.18. The van der Waals surface area contributed by atoms with Crippen molar-refractivity contribution >= 4 is 35.2 Å². The number of carbonyl (C=O) groups excluding carboxylic acids is 2. The van der Waals surface area contributed by atoms with Crippen molar-refractivity contribution in [2.45, 2.75) is 38.4 Å². The Hall–Kier alpha value is -3.31. The van der Waals surface area contributed by atoms with Crippen LogP contribution in [0.25, 0.3) is 10.6 Å². The molecule has 0 saturated carbocycles. The normalized spacial score (nSPS) is 12.3. The number of thiazole rings is 1. The van der Waals surface area contributed by atoms with Crippen molar-refractivity contribution in [3.05, 3.63) is 41.4 Å². The number of aliphatic carboxylic acids is 2. The second-order valence-electron chi connectivity index (χ2n) is 6.40. The monoisotopic (exact) mass is 438 g/mol. The van der Waals surface area contributed by atoms with Gasteiger partial charge in [0.2, 0.25) is 5.91 Å². The molecule has 0 fully saturated rings. The maximum absolute atomic E-state index is 11.1. The minimum atomic E-state index is -2.63. The number of aromatic nitrogens is 1. The predicted molar refractivity (Wildman–Crippen MR) is 107 cm³/mol. The largest absolute Gasteiger partial charge is 0.481 e. The number of nitrogens with two attached hydrogens (primary N) is 1. The van der Waals surface area contributed by atoms with Gasteiger partial charge in [-0.3, -0.25) is 14.4 Å². The van der Waals surface area contributed by atoms with Gasteiger partial charge in [-0.15, -0.1) is 11.3 Å². The summed E-state index contributed by atoms with van der Waals surface area (Å²) in [5.41, 5.74) is 3.99. The van der Waals surface area contributed by atoms with Crippen LogP contribution in [0.15, 0.2) is 35.8 Å². The van der Waals surface area contributed by atoms with Crippen LogP contribution in [-0.2, 0) is 19.1 Å². The molecule has 1 aromatic carbocycles. The molecule has 1 amide bonds. The number of carbonyl (C=O) groups is 4. The van der Waals surface area contributed by atoms with Gasteiger partial charge in [-0.1, -0.05) is 12.1 Å². The van der Waals surface area contributed by atoms with Gasteiger partial charge in [0.25, 0.3) is 0 Å². The molecule has 0 aliphatic carbocycles. The van der Waals surface area contributed by atoms with Gasteiger partial charge < -0.3 is 25.8 Å². The number of hydrogen-bond donors (Lipinski definition) is 4. The summed E-state index contributed by atoms with van der Waals surface area (Å²) in [6, 6.07) is 7.16. The molecule has 30 heavy (non-hydrogen) atoms. The standard InChI is InChI=1S/C10H8N2OS.C9H14O7/c11-9(13)7-2-1-3-8(6-7)10-12-4-5-14-10;1-5(2)16-7(12)4-9(15,8(13)14)3-6(10)11/h1-6H,(H2,11,13);5,15H,3-4H2,1-2H3,(H,10,11)(H,13,14). The number of primary amides is 1. The topological polar surface area (TPSA) is 177 Å². The van der Waals surface area contributed by atoms with E-state index in [2.05, 4.69) is 9.72 Å². The number of esters is 1. The van der Waals surface area contributed by atoms with E-state index in [9.17, 15) is 24.3 Å². The van der Waals surface area contributed by atoms with E-state index in [1.165, 1.54) is 11.3 Å². The number of amides is 1. The summed E-state index contributed by atoms with van der Waals surface area (Å²) >= 11 is 1.53. The Morgan fingerprint density at radius 1 is 1.20 bits per heavy atom. The van der Waals surface area contributed by atoms with Gasteiger partial charge in [0, 0.05) is 22.7 Å². The third-order valence-corrected chi connectivity index (χ3v) is 4.29. The highest BCUT2D eigenvalue weighted by atomic mass is 32.1. The average Bonchev–Trinajstić information content (AvgIpc) is 3.15. The van der Waals surface area contributed by atoms with E-state index in [1.807, 2.05) is 11.4 Å². The third-order valence-electron chi connectivity index (χ3n) is 3.47. The Kier molecular flexibility index (Phi) is 9.09. The second-order valence-corrected chi connectivity index (χ2v) is 7.30. The molecule has 0 bridgehead atoms. The lowest BCUT2D eigenvalue weighted by Gasteiger charge is -2.20. The number of rotatable bonds is 8. The molecule has 0 aliphatic heterocycles. The lowest BCUT2D eigenvalue weighted by atomic mass is 9.96.